The molecule has 1 aliphatic rings. The molecule has 0 aliphatic heterocycles. The number of carbonyl (C=O) groups is 1. The standard InChI is InChI=1S/C7H12O2.Ca.2H/c1-7(6(8)9)4-2-3-5-7;;;/h2-5H2,1H3,(H,8,9);;;/q;+2;2*-1. The van der Waals surface area contributed by atoms with Crippen molar-refractivity contribution in [2.24, 2.45) is 5.41 Å². The first kappa shape index (κ1) is 10.7. The molecule has 1 fully saturated rings. The van der Waals surface area contributed by atoms with E-state index < -0.39 is 5.97 Å². The Morgan fingerprint density at radius 2 is 1.90 bits per heavy atom. The minimum atomic E-state index is -0.625. The van der Waals surface area contributed by atoms with Gasteiger partial charge in [0.2, 0.25) is 0 Å². The van der Waals surface area contributed by atoms with Crippen LogP contribution in [0.3, 0.4) is 0 Å². The van der Waals surface area contributed by atoms with Crippen LogP contribution >= 0.6 is 0 Å². The van der Waals surface area contributed by atoms with Crippen molar-refractivity contribution in [2.75, 3.05) is 0 Å². The second-order valence-corrected chi connectivity index (χ2v) is 3.07. The van der Waals surface area contributed by atoms with Gasteiger partial charge in [0.25, 0.3) is 0 Å². The monoisotopic (exact) mass is 170 g/mol. The van der Waals surface area contributed by atoms with E-state index in [0.29, 0.717) is 0 Å². The Hall–Kier alpha value is 0.730. The van der Waals surface area contributed by atoms with Gasteiger partial charge in [-0.05, 0) is 19.8 Å². The molecule has 1 saturated carbocycles. The van der Waals surface area contributed by atoms with Gasteiger partial charge in [0, 0.05) is 0 Å². The molecular weight excluding hydrogens is 156 g/mol. The quantitative estimate of drug-likeness (QED) is 0.605. The van der Waals surface area contributed by atoms with Crippen LogP contribution in [0.1, 0.15) is 35.5 Å². The van der Waals surface area contributed by atoms with E-state index in [0.717, 1.165) is 25.7 Å². The summed E-state index contributed by atoms with van der Waals surface area (Å²) in [7, 11) is 0. The van der Waals surface area contributed by atoms with Crippen molar-refractivity contribution in [3.05, 3.63) is 0 Å². The summed E-state index contributed by atoms with van der Waals surface area (Å²) in [5, 5.41) is 8.67. The summed E-state index contributed by atoms with van der Waals surface area (Å²) in [5.41, 5.74) is -0.389. The van der Waals surface area contributed by atoms with Gasteiger partial charge in [0.15, 0.2) is 0 Å². The zero-order valence-corrected chi connectivity index (χ0v) is 8.60. The van der Waals surface area contributed by atoms with Crippen LogP contribution in [0.15, 0.2) is 0 Å². The molecule has 10 heavy (non-hydrogen) atoms. The molecule has 0 saturated heterocycles. The van der Waals surface area contributed by atoms with Crippen LogP contribution in [0, 0.1) is 5.41 Å². The van der Waals surface area contributed by atoms with Gasteiger partial charge in [0.1, 0.15) is 0 Å². The van der Waals surface area contributed by atoms with Crippen LogP contribution in [0.25, 0.3) is 0 Å². The molecule has 0 aromatic rings. The van der Waals surface area contributed by atoms with Gasteiger partial charge in [-0.25, -0.2) is 0 Å². The molecule has 0 radical (unpaired) electrons. The third-order valence-corrected chi connectivity index (χ3v) is 2.22. The molecule has 3 heteroatoms. The van der Waals surface area contributed by atoms with Crippen LogP contribution in [-0.2, 0) is 4.79 Å². The molecule has 0 aromatic carbocycles. The third-order valence-electron chi connectivity index (χ3n) is 2.22. The fourth-order valence-electron chi connectivity index (χ4n) is 1.37. The molecule has 0 aromatic heterocycles. The first-order chi connectivity index (χ1) is 4.15. The number of rotatable bonds is 1. The maximum atomic E-state index is 10.5. The van der Waals surface area contributed by atoms with Crippen molar-refractivity contribution in [1.29, 1.82) is 0 Å². The van der Waals surface area contributed by atoms with E-state index in [1.807, 2.05) is 6.92 Å². The first-order valence-corrected chi connectivity index (χ1v) is 3.38. The fourth-order valence-corrected chi connectivity index (χ4v) is 1.37. The number of hydrogen-bond acceptors (Lipinski definition) is 1. The molecular formula is C7H14CaO2. The Labute approximate surface area is 94.0 Å². The van der Waals surface area contributed by atoms with E-state index in [1.165, 1.54) is 0 Å². The zero-order valence-electron chi connectivity index (χ0n) is 8.39. The van der Waals surface area contributed by atoms with Crippen molar-refractivity contribution in [3.63, 3.8) is 0 Å². The van der Waals surface area contributed by atoms with Gasteiger partial charge in [-0.1, -0.05) is 12.8 Å². The first-order valence-electron chi connectivity index (χ1n) is 3.38. The number of aliphatic carboxylic acids is 1. The molecule has 0 atom stereocenters. The zero-order chi connectivity index (χ0) is 6.91. The number of carboxylic acid groups (broad SMARTS) is 1. The Morgan fingerprint density at radius 1 is 1.50 bits per heavy atom. The minimum absolute atomic E-state index is 0. The SMILES string of the molecule is CC1(C(=O)O)CCCC1.[Ca+2].[H-].[H-]. The van der Waals surface area contributed by atoms with Crippen LogP contribution in [-0.4, -0.2) is 48.8 Å². The average Bonchev–Trinajstić information content (AvgIpc) is 2.16. The fraction of sp³-hybridized carbons (Fsp3) is 0.857. The Kier molecular flexibility index (Phi) is 4.22. The molecule has 2 nitrogen and oxygen atoms in total. The summed E-state index contributed by atoms with van der Waals surface area (Å²) in [6.45, 7) is 1.84. The van der Waals surface area contributed by atoms with Crippen molar-refractivity contribution in [3.8, 4) is 0 Å². The summed E-state index contributed by atoms with van der Waals surface area (Å²) >= 11 is 0. The van der Waals surface area contributed by atoms with Gasteiger partial charge in [0.05, 0.1) is 5.41 Å². The second-order valence-electron chi connectivity index (χ2n) is 3.07. The third kappa shape index (κ3) is 2.11. The van der Waals surface area contributed by atoms with Crippen molar-refractivity contribution >= 4 is 43.7 Å². The molecule has 0 spiro atoms. The van der Waals surface area contributed by atoms with E-state index in [-0.39, 0.29) is 46.0 Å². The van der Waals surface area contributed by atoms with Gasteiger partial charge < -0.3 is 7.96 Å². The largest absolute Gasteiger partial charge is 2.00 e. The van der Waals surface area contributed by atoms with Gasteiger partial charge in [-0.15, -0.1) is 0 Å². The van der Waals surface area contributed by atoms with E-state index in [2.05, 4.69) is 0 Å². The molecule has 0 amide bonds. The number of hydrogen-bond donors (Lipinski definition) is 1. The summed E-state index contributed by atoms with van der Waals surface area (Å²) in [6.07, 6.45) is 3.90. The molecule has 1 aliphatic carbocycles. The van der Waals surface area contributed by atoms with Crippen LogP contribution in [0.2, 0.25) is 0 Å². The Balaban J connectivity index is -0.000000270. The topological polar surface area (TPSA) is 37.3 Å². The van der Waals surface area contributed by atoms with E-state index in [9.17, 15) is 4.79 Å². The summed E-state index contributed by atoms with van der Waals surface area (Å²) in [4.78, 5) is 10.5. The maximum Gasteiger partial charge on any atom is 2.00 e. The van der Waals surface area contributed by atoms with E-state index in [4.69, 9.17) is 5.11 Å². The van der Waals surface area contributed by atoms with Gasteiger partial charge in [-0.3, -0.25) is 4.79 Å². The molecule has 1 N–H and O–H groups in total. The van der Waals surface area contributed by atoms with Gasteiger partial charge >= 0.3 is 43.7 Å². The summed E-state index contributed by atoms with van der Waals surface area (Å²) in [6, 6.07) is 0. The number of carboxylic acids is 1. The van der Waals surface area contributed by atoms with Crippen molar-refractivity contribution in [1.82, 2.24) is 0 Å². The van der Waals surface area contributed by atoms with Crippen LogP contribution in [0.4, 0.5) is 0 Å². The van der Waals surface area contributed by atoms with E-state index >= 15 is 0 Å². The predicted molar refractivity (Wildman–Crippen MR) is 42.2 cm³/mol. The summed E-state index contributed by atoms with van der Waals surface area (Å²) in [5.74, 6) is -0.625. The minimum Gasteiger partial charge on any atom is -1.00 e. The molecule has 0 bridgehead atoms. The molecule has 56 valence electrons. The van der Waals surface area contributed by atoms with Crippen LogP contribution < -0.4 is 0 Å². The average molecular weight is 170 g/mol. The maximum absolute atomic E-state index is 10.5. The van der Waals surface area contributed by atoms with Crippen molar-refractivity contribution in [2.45, 2.75) is 32.6 Å². The molecule has 0 unspecified atom stereocenters. The van der Waals surface area contributed by atoms with Crippen LogP contribution in [0.5, 0.6) is 0 Å². The predicted octanol–water partition coefficient (Wildman–Crippen LogP) is 1.50. The second kappa shape index (κ2) is 3.93. The molecule has 0 heterocycles. The van der Waals surface area contributed by atoms with Gasteiger partial charge in [-0.2, -0.15) is 0 Å². The normalized spacial score (nSPS) is 21.7. The Bertz CT molecular complexity index is 135. The van der Waals surface area contributed by atoms with Crippen molar-refractivity contribution < 1.29 is 12.8 Å². The van der Waals surface area contributed by atoms with E-state index in [1.54, 1.807) is 0 Å². The Morgan fingerprint density at radius 3 is 2.10 bits per heavy atom. The molecule has 1 rings (SSSR count). The smallest absolute Gasteiger partial charge is 1.00 e. The summed E-state index contributed by atoms with van der Waals surface area (Å²) < 4.78 is 0.